The molecule has 0 aromatic heterocycles. The number of nitrogens with one attached hydrogen (secondary N) is 1. The molecule has 0 spiro atoms. The van der Waals surface area contributed by atoms with Crippen LogP contribution in [0.15, 0.2) is 54.6 Å². The van der Waals surface area contributed by atoms with E-state index in [2.05, 4.69) is 23.5 Å². The van der Waals surface area contributed by atoms with Crippen LogP contribution < -0.4 is 5.32 Å². The van der Waals surface area contributed by atoms with E-state index in [-0.39, 0.29) is 0 Å². The van der Waals surface area contributed by atoms with E-state index < -0.39 is 11.7 Å². The molecule has 3 heteroatoms. The van der Waals surface area contributed by atoms with Crippen molar-refractivity contribution in [3.05, 3.63) is 65.7 Å². The first-order valence-electron chi connectivity index (χ1n) is 7.14. The minimum Gasteiger partial charge on any atom is -0.318 e. The molecule has 4 rings (SSSR count). The summed E-state index contributed by atoms with van der Waals surface area (Å²) in [6.45, 7) is 1.99. The summed E-state index contributed by atoms with van der Waals surface area (Å²) in [4.78, 5) is 23.7. The van der Waals surface area contributed by atoms with Crippen LogP contribution in [0.4, 0.5) is 5.69 Å². The first-order valence-corrected chi connectivity index (χ1v) is 7.14. The lowest BCUT2D eigenvalue weighted by molar-refractivity contribution is -0.112. The van der Waals surface area contributed by atoms with E-state index in [0.717, 1.165) is 27.5 Å². The quantitative estimate of drug-likeness (QED) is 0.689. The van der Waals surface area contributed by atoms with Crippen LogP contribution in [0.2, 0.25) is 0 Å². The highest BCUT2D eigenvalue weighted by Gasteiger charge is 2.31. The van der Waals surface area contributed by atoms with Gasteiger partial charge >= 0.3 is 0 Å². The van der Waals surface area contributed by atoms with Crippen molar-refractivity contribution in [1.82, 2.24) is 0 Å². The maximum Gasteiger partial charge on any atom is 0.296 e. The Kier molecular flexibility index (Phi) is 2.63. The van der Waals surface area contributed by atoms with Crippen molar-refractivity contribution in [2.45, 2.75) is 6.92 Å². The fourth-order valence-electron chi connectivity index (χ4n) is 3.11. The molecule has 0 saturated carbocycles. The molecule has 1 aliphatic heterocycles. The van der Waals surface area contributed by atoms with Crippen LogP contribution in [0.3, 0.4) is 0 Å². The Bertz CT molecular complexity index is 952. The Morgan fingerprint density at radius 3 is 2.45 bits per heavy atom. The molecule has 3 aromatic carbocycles. The number of benzene rings is 3. The van der Waals surface area contributed by atoms with E-state index in [1.54, 1.807) is 6.07 Å². The number of hydrogen-bond acceptors (Lipinski definition) is 2. The smallest absolute Gasteiger partial charge is 0.296 e. The van der Waals surface area contributed by atoms with Crippen LogP contribution in [0.1, 0.15) is 15.9 Å². The van der Waals surface area contributed by atoms with Gasteiger partial charge in [0, 0.05) is 5.56 Å². The Balaban J connectivity index is 2.09. The third-order valence-corrected chi connectivity index (χ3v) is 4.16. The van der Waals surface area contributed by atoms with Crippen molar-refractivity contribution in [3.8, 4) is 11.1 Å². The number of ketones is 1. The number of carbonyl (C=O) groups is 2. The predicted molar refractivity (Wildman–Crippen MR) is 87.1 cm³/mol. The zero-order valence-electron chi connectivity index (χ0n) is 12.0. The van der Waals surface area contributed by atoms with Crippen molar-refractivity contribution < 1.29 is 9.59 Å². The standard InChI is InChI=1S/C19H13NO2/c1-11-9-10-15-17(20-19(22)18(15)21)16(11)14-8-4-6-12-5-2-3-7-13(12)14/h2-10H,1H3,(H,20,21,22). The first-order chi connectivity index (χ1) is 10.7. The average Bonchev–Trinajstić information content (AvgIpc) is 2.82. The molecule has 1 heterocycles. The fourth-order valence-corrected chi connectivity index (χ4v) is 3.11. The van der Waals surface area contributed by atoms with E-state index in [4.69, 9.17) is 0 Å². The van der Waals surface area contributed by atoms with Gasteiger partial charge in [-0.2, -0.15) is 0 Å². The first kappa shape index (κ1) is 12.8. The molecule has 0 unspecified atom stereocenters. The van der Waals surface area contributed by atoms with Crippen LogP contribution in [0.25, 0.3) is 21.9 Å². The summed E-state index contributed by atoms with van der Waals surface area (Å²) in [7, 11) is 0. The van der Waals surface area contributed by atoms with Crippen LogP contribution in [-0.4, -0.2) is 11.7 Å². The minimum absolute atomic E-state index is 0.457. The van der Waals surface area contributed by atoms with Crippen LogP contribution in [-0.2, 0) is 4.79 Å². The number of Topliss-reactive ketones (excluding diaryl/α,β-unsaturated/α-hetero) is 1. The van der Waals surface area contributed by atoms with Gasteiger partial charge in [-0.1, -0.05) is 48.5 Å². The molecule has 0 radical (unpaired) electrons. The van der Waals surface area contributed by atoms with Gasteiger partial charge in [-0.3, -0.25) is 9.59 Å². The second-order valence-corrected chi connectivity index (χ2v) is 5.49. The van der Waals surface area contributed by atoms with Gasteiger partial charge in [0.25, 0.3) is 11.7 Å². The monoisotopic (exact) mass is 287 g/mol. The molecule has 1 N–H and O–H groups in total. The van der Waals surface area contributed by atoms with Gasteiger partial charge in [0.2, 0.25) is 0 Å². The number of anilines is 1. The number of hydrogen-bond donors (Lipinski definition) is 1. The molecular weight excluding hydrogens is 274 g/mol. The molecule has 0 saturated heterocycles. The Hall–Kier alpha value is -2.94. The number of aryl methyl sites for hydroxylation is 1. The van der Waals surface area contributed by atoms with Gasteiger partial charge in [0.05, 0.1) is 11.3 Å². The maximum absolute atomic E-state index is 11.9. The van der Waals surface area contributed by atoms with Gasteiger partial charge in [0.1, 0.15) is 0 Å². The predicted octanol–water partition coefficient (Wildman–Crippen LogP) is 3.95. The molecule has 1 aliphatic rings. The summed E-state index contributed by atoms with van der Waals surface area (Å²) in [5.74, 6) is -1.02. The molecule has 0 atom stereocenters. The summed E-state index contributed by atoms with van der Waals surface area (Å²) >= 11 is 0. The van der Waals surface area contributed by atoms with E-state index in [0.29, 0.717) is 11.3 Å². The molecular formula is C19H13NO2. The van der Waals surface area contributed by atoms with Crippen molar-refractivity contribution in [2.75, 3.05) is 5.32 Å². The topological polar surface area (TPSA) is 46.2 Å². The highest BCUT2D eigenvalue weighted by Crippen LogP contribution is 2.40. The largest absolute Gasteiger partial charge is 0.318 e. The molecule has 0 bridgehead atoms. The summed E-state index contributed by atoms with van der Waals surface area (Å²) in [5, 5.41) is 4.97. The van der Waals surface area contributed by atoms with Gasteiger partial charge in [-0.15, -0.1) is 0 Å². The lowest BCUT2D eigenvalue weighted by Crippen LogP contribution is -2.12. The van der Waals surface area contributed by atoms with E-state index in [1.165, 1.54) is 0 Å². The lowest BCUT2D eigenvalue weighted by Gasteiger charge is -2.14. The number of carbonyl (C=O) groups excluding carboxylic acids is 2. The molecule has 0 aliphatic carbocycles. The molecule has 22 heavy (non-hydrogen) atoms. The molecule has 0 fully saturated rings. The molecule has 3 nitrogen and oxygen atoms in total. The van der Waals surface area contributed by atoms with Gasteiger partial charge in [0.15, 0.2) is 0 Å². The van der Waals surface area contributed by atoms with Gasteiger partial charge < -0.3 is 5.32 Å². The molecule has 106 valence electrons. The Labute approximate surface area is 127 Å². The summed E-state index contributed by atoms with van der Waals surface area (Å²) in [5.41, 5.74) is 4.07. The SMILES string of the molecule is Cc1ccc2c(c1-c1cccc3ccccc13)NC(=O)C2=O. The van der Waals surface area contributed by atoms with Crippen molar-refractivity contribution in [1.29, 1.82) is 0 Å². The zero-order valence-corrected chi connectivity index (χ0v) is 12.0. The van der Waals surface area contributed by atoms with Crippen molar-refractivity contribution in [3.63, 3.8) is 0 Å². The Morgan fingerprint density at radius 2 is 1.59 bits per heavy atom. The van der Waals surface area contributed by atoms with E-state index >= 15 is 0 Å². The molecule has 3 aromatic rings. The van der Waals surface area contributed by atoms with Crippen molar-refractivity contribution in [2.24, 2.45) is 0 Å². The summed E-state index contributed by atoms with van der Waals surface area (Å²) in [6.07, 6.45) is 0. The molecule has 1 amide bonds. The highest BCUT2D eigenvalue weighted by atomic mass is 16.2. The van der Waals surface area contributed by atoms with Crippen LogP contribution in [0.5, 0.6) is 0 Å². The van der Waals surface area contributed by atoms with Gasteiger partial charge in [-0.05, 0) is 34.9 Å². The lowest BCUT2D eigenvalue weighted by atomic mass is 9.92. The summed E-state index contributed by atoms with van der Waals surface area (Å²) < 4.78 is 0. The van der Waals surface area contributed by atoms with Crippen LogP contribution in [0, 0.1) is 6.92 Å². The summed E-state index contributed by atoms with van der Waals surface area (Å²) in [6, 6.07) is 17.8. The second-order valence-electron chi connectivity index (χ2n) is 5.49. The minimum atomic E-state index is -0.554. The third kappa shape index (κ3) is 1.69. The zero-order chi connectivity index (χ0) is 15.3. The fraction of sp³-hybridized carbons (Fsp3) is 0.0526. The number of amides is 1. The third-order valence-electron chi connectivity index (χ3n) is 4.16. The second kappa shape index (κ2) is 4.53. The number of fused-ring (bicyclic) bond motifs is 2. The van der Waals surface area contributed by atoms with E-state index in [9.17, 15) is 9.59 Å². The van der Waals surface area contributed by atoms with E-state index in [1.807, 2.05) is 37.3 Å². The van der Waals surface area contributed by atoms with Crippen molar-refractivity contribution >= 4 is 28.2 Å². The highest BCUT2D eigenvalue weighted by molar-refractivity contribution is 6.52. The van der Waals surface area contributed by atoms with Gasteiger partial charge in [-0.25, -0.2) is 0 Å². The average molecular weight is 287 g/mol. The number of rotatable bonds is 1. The normalized spacial score (nSPS) is 13.3. The Morgan fingerprint density at radius 1 is 0.818 bits per heavy atom. The van der Waals surface area contributed by atoms with Crippen LogP contribution >= 0.6 is 0 Å². The maximum atomic E-state index is 11.9.